The Morgan fingerprint density at radius 3 is 2.81 bits per heavy atom. The van der Waals surface area contributed by atoms with Crippen LogP contribution in [0.5, 0.6) is 0 Å². The number of hydrogen-bond acceptors (Lipinski definition) is 3. The molecular formula is C11H13N3O2. The van der Waals surface area contributed by atoms with E-state index in [4.69, 9.17) is 5.26 Å². The number of nitrogens with one attached hydrogen (secondary N) is 1. The van der Waals surface area contributed by atoms with Crippen molar-refractivity contribution in [1.82, 2.24) is 9.88 Å². The molecule has 0 radical (unpaired) electrons. The lowest BCUT2D eigenvalue weighted by molar-refractivity contribution is 0.0729. The lowest BCUT2D eigenvalue weighted by atomic mass is 10.2. The van der Waals surface area contributed by atoms with Gasteiger partial charge in [-0.2, -0.15) is 5.26 Å². The SMILES string of the molecule is CC(C)N(CC#N)C(=O)c1c[nH]ccc1=O. The summed E-state index contributed by atoms with van der Waals surface area (Å²) in [6.45, 7) is 3.57. The van der Waals surface area contributed by atoms with Gasteiger partial charge in [0.2, 0.25) is 0 Å². The number of nitrogens with zero attached hydrogens (tertiary/aromatic N) is 2. The molecule has 1 N–H and O–H groups in total. The number of nitriles is 1. The summed E-state index contributed by atoms with van der Waals surface area (Å²) in [6, 6.07) is 3.08. The number of pyridine rings is 1. The number of carbonyl (C=O) groups is 1. The molecule has 1 aromatic rings. The fraction of sp³-hybridized carbons (Fsp3) is 0.364. The number of H-pyrrole nitrogens is 1. The Kier molecular flexibility index (Phi) is 3.84. The van der Waals surface area contributed by atoms with E-state index in [-0.39, 0.29) is 23.6 Å². The normalized spacial score (nSPS) is 9.88. The van der Waals surface area contributed by atoms with Crippen molar-refractivity contribution >= 4 is 5.91 Å². The number of aromatic nitrogens is 1. The second kappa shape index (κ2) is 5.12. The first-order valence-electron chi connectivity index (χ1n) is 4.93. The largest absolute Gasteiger partial charge is 0.367 e. The summed E-state index contributed by atoms with van der Waals surface area (Å²) >= 11 is 0. The number of carbonyl (C=O) groups excluding carboxylic acids is 1. The predicted octanol–water partition coefficient (Wildman–Crippen LogP) is 0.749. The van der Waals surface area contributed by atoms with Gasteiger partial charge in [-0.15, -0.1) is 0 Å². The first-order valence-corrected chi connectivity index (χ1v) is 4.93. The second-order valence-corrected chi connectivity index (χ2v) is 3.61. The lowest BCUT2D eigenvalue weighted by Gasteiger charge is -2.23. The predicted molar refractivity (Wildman–Crippen MR) is 58.8 cm³/mol. The zero-order valence-corrected chi connectivity index (χ0v) is 9.23. The lowest BCUT2D eigenvalue weighted by Crippen LogP contribution is -2.39. The minimum absolute atomic E-state index is 0.0230. The Morgan fingerprint density at radius 2 is 2.31 bits per heavy atom. The Bertz CT molecular complexity index is 471. The average molecular weight is 219 g/mol. The summed E-state index contributed by atoms with van der Waals surface area (Å²) in [4.78, 5) is 27.4. The van der Waals surface area contributed by atoms with E-state index in [2.05, 4.69) is 4.98 Å². The minimum Gasteiger partial charge on any atom is -0.367 e. The smallest absolute Gasteiger partial charge is 0.260 e. The molecule has 1 amide bonds. The molecule has 5 heteroatoms. The fourth-order valence-corrected chi connectivity index (χ4v) is 1.30. The van der Waals surface area contributed by atoms with Gasteiger partial charge in [0.05, 0.1) is 6.07 Å². The van der Waals surface area contributed by atoms with E-state index in [1.54, 1.807) is 13.8 Å². The van der Waals surface area contributed by atoms with Crippen molar-refractivity contribution in [2.24, 2.45) is 0 Å². The molecule has 1 rings (SSSR count). The van der Waals surface area contributed by atoms with E-state index in [0.29, 0.717) is 0 Å². The third-order valence-corrected chi connectivity index (χ3v) is 2.18. The minimum atomic E-state index is -0.418. The molecule has 84 valence electrons. The Hall–Kier alpha value is -2.09. The van der Waals surface area contributed by atoms with Gasteiger partial charge in [-0.3, -0.25) is 9.59 Å². The van der Waals surface area contributed by atoms with Crippen LogP contribution in [0.1, 0.15) is 24.2 Å². The molecule has 5 nitrogen and oxygen atoms in total. The van der Waals surface area contributed by atoms with Gasteiger partial charge in [-0.25, -0.2) is 0 Å². The molecule has 0 saturated heterocycles. The van der Waals surface area contributed by atoms with Gasteiger partial charge in [-0.05, 0) is 13.8 Å². The van der Waals surface area contributed by atoms with Crippen LogP contribution in [0.25, 0.3) is 0 Å². The van der Waals surface area contributed by atoms with Crippen molar-refractivity contribution in [3.05, 3.63) is 34.2 Å². The zero-order valence-electron chi connectivity index (χ0n) is 9.23. The monoisotopic (exact) mass is 219 g/mol. The molecule has 0 fully saturated rings. The van der Waals surface area contributed by atoms with Gasteiger partial charge in [-0.1, -0.05) is 0 Å². The average Bonchev–Trinajstić information content (AvgIpc) is 2.25. The van der Waals surface area contributed by atoms with Crippen LogP contribution in [0, 0.1) is 11.3 Å². The van der Waals surface area contributed by atoms with Crippen LogP contribution < -0.4 is 5.43 Å². The summed E-state index contributed by atoms with van der Waals surface area (Å²) < 4.78 is 0. The van der Waals surface area contributed by atoms with Crippen LogP contribution in [0.15, 0.2) is 23.3 Å². The van der Waals surface area contributed by atoms with Crippen molar-refractivity contribution in [3.63, 3.8) is 0 Å². The van der Waals surface area contributed by atoms with E-state index in [9.17, 15) is 9.59 Å². The fourth-order valence-electron chi connectivity index (χ4n) is 1.30. The summed E-state index contributed by atoms with van der Waals surface area (Å²) in [6.07, 6.45) is 2.82. The maximum atomic E-state index is 12.0. The molecule has 0 atom stereocenters. The molecule has 0 aliphatic rings. The molecule has 0 aliphatic heterocycles. The third kappa shape index (κ3) is 2.48. The van der Waals surface area contributed by atoms with E-state index in [0.717, 1.165) is 0 Å². The number of amides is 1. The van der Waals surface area contributed by atoms with E-state index >= 15 is 0 Å². The van der Waals surface area contributed by atoms with Crippen molar-refractivity contribution < 1.29 is 4.79 Å². The van der Waals surface area contributed by atoms with Gasteiger partial charge >= 0.3 is 0 Å². The molecule has 1 aromatic heterocycles. The van der Waals surface area contributed by atoms with Crippen molar-refractivity contribution in [1.29, 1.82) is 5.26 Å². The standard InChI is InChI=1S/C11H13N3O2/c1-8(2)14(6-4-12)11(16)9-7-13-5-3-10(9)15/h3,5,7-8H,6H2,1-2H3,(H,13,15). The van der Waals surface area contributed by atoms with Crippen molar-refractivity contribution in [2.75, 3.05) is 6.54 Å². The molecule has 0 saturated carbocycles. The quantitative estimate of drug-likeness (QED) is 0.762. The highest BCUT2D eigenvalue weighted by molar-refractivity contribution is 5.94. The van der Waals surface area contributed by atoms with Crippen molar-refractivity contribution in [3.8, 4) is 6.07 Å². The molecule has 0 spiro atoms. The molecule has 0 unspecified atom stereocenters. The summed E-state index contributed by atoms with van der Waals surface area (Å²) in [7, 11) is 0. The molecule has 16 heavy (non-hydrogen) atoms. The summed E-state index contributed by atoms with van der Waals surface area (Å²) in [5.41, 5.74) is -0.279. The number of rotatable bonds is 3. The van der Waals surface area contributed by atoms with Crippen LogP contribution in [0.4, 0.5) is 0 Å². The van der Waals surface area contributed by atoms with Gasteiger partial charge in [0.1, 0.15) is 12.1 Å². The zero-order chi connectivity index (χ0) is 12.1. The van der Waals surface area contributed by atoms with Crippen LogP contribution >= 0.6 is 0 Å². The molecule has 1 heterocycles. The Balaban J connectivity index is 3.05. The van der Waals surface area contributed by atoms with Gasteiger partial charge in [0.25, 0.3) is 5.91 Å². The first kappa shape index (κ1) is 12.0. The van der Waals surface area contributed by atoms with E-state index < -0.39 is 5.91 Å². The van der Waals surface area contributed by atoms with E-state index in [1.807, 2.05) is 6.07 Å². The molecule has 0 aromatic carbocycles. The van der Waals surface area contributed by atoms with Crippen LogP contribution in [0.2, 0.25) is 0 Å². The maximum absolute atomic E-state index is 12.0. The first-order chi connectivity index (χ1) is 7.57. The van der Waals surface area contributed by atoms with Gasteiger partial charge in [0, 0.05) is 24.5 Å². The van der Waals surface area contributed by atoms with Gasteiger partial charge in [0.15, 0.2) is 5.43 Å². The Labute approximate surface area is 93.3 Å². The maximum Gasteiger partial charge on any atom is 0.260 e. The highest BCUT2D eigenvalue weighted by atomic mass is 16.2. The highest BCUT2D eigenvalue weighted by Crippen LogP contribution is 2.03. The highest BCUT2D eigenvalue weighted by Gasteiger charge is 2.20. The summed E-state index contributed by atoms with van der Waals surface area (Å²) in [5.74, 6) is -0.418. The van der Waals surface area contributed by atoms with Crippen LogP contribution in [-0.4, -0.2) is 28.4 Å². The third-order valence-electron chi connectivity index (χ3n) is 2.18. The summed E-state index contributed by atoms with van der Waals surface area (Å²) in [5, 5.41) is 8.62. The Morgan fingerprint density at radius 1 is 1.62 bits per heavy atom. The van der Waals surface area contributed by atoms with Crippen molar-refractivity contribution in [2.45, 2.75) is 19.9 Å². The topological polar surface area (TPSA) is 77.0 Å². The van der Waals surface area contributed by atoms with E-state index in [1.165, 1.54) is 23.4 Å². The van der Waals surface area contributed by atoms with Gasteiger partial charge < -0.3 is 9.88 Å². The number of aromatic amines is 1. The molecular weight excluding hydrogens is 206 g/mol. The number of hydrogen-bond donors (Lipinski definition) is 1. The van der Waals surface area contributed by atoms with Crippen LogP contribution in [-0.2, 0) is 0 Å². The molecule has 0 aliphatic carbocycles. The molecule has 0 bridgehead atoms. The van der Waals surface area contributed by atoms with Crippen LogP contribution in [0.3, 0.4) is 0 Å². The second-order valence-electron chi connectivity index (χ2n) is 3.61.